The molecule has 1 saturated heterocycles. The van der Waals surface area contributed by atoms with E-state index < -0.39 is 11.9 Å². The molecule has 0 atom stereocenters. The second-order valence-electron chi connectivity index (χ2n) is 1.75. The number of hydrazone groups is 1. The normalized spacial score (nSPS) is 22.2. The van der Waals surface area contributed by atoms with Gasteiger partial charge in [-0.3, -0.25) is 15.4 Å². The van der Waals surface area contributed by atoms with Gasteiger partial charge in [-0.05, 0) is 0 Å². The molecule has 0 radical (unpaired) electrons. The number of hydrogen-bond donors (Lipinski definition) is 3. The van der Waals surface area contributed by atoms with Crippen molar-refractivity contribution < 1.29 is 9.59 Å². The Morgan fingerprint density at radius 1 is 1.40 bits per heavy atom. The number of urea groups is 1. The van der Waals surface area contributed by atoms with Gasteiger partial charge in [0, 0.05) is 0 Å². The van der Waals surface area contributed by atoms with Gasteiger partial charge >= 0.3 is 6.03 Å². The molecule has 0 aliphatic carbocycles. The number of nitrogens with two attached hydrogens (primary N) is 1. The summed E-state index contributed by atoms with van der Waals surface area (Å²) in [7, 11) is 0. The van der Waals surface area contributed by atoms with Crippen molar-refractivity contribution >= 4 is 17.8 Å². The predicted octanol–water partition coefficient (Wildman–Crippen LogP) is -1.51. The molecule has 54 valence electrons. The first-order valence-corrected chi connectivity index (χ1v) is 2.60. The molecular formula is C4H6N4O2. The van der Waals surface area contributed by atoms with Crippen molar-refractivity contribution in [3.63, 3.8) is 0 Å². The molecule has 6 nitrogen and oxygen atoms in total. The fourth-order valence-electron chi connectivity index (χ4n) is 0.607. The quantitative estimate of drug-likeness (QED) is 0.283. The summed E-state index contributed by atoms with van der Waals surface area (Å²) in [6.07, 6.45) is 0.0300. The average molecular weight is 142 g/mol. The number of carbonyl (C=O) groups is 2. The van der Waals surface area contributed by atoms with E-state index in [4.69, 9.17) is 5.84 Å². The lowest BCUT2D eigenvalue weighted by Gasteiger charge is -2.12. The first-order chi connectivity index (χ1) is 4.72. The summed E-state index contributed by atoms with van der Waals surface area (Å²) in [5, 5.41) is 7.44. The Balaban J connectivity index is 2.68. The lowest BCUT2D eigenvalue weighted by molar-refractivity contribution is -0.119. The van der Waals surface area contributed by atoms with Crippen molar-refractivity contribution in [3.8, 4) is 0 Å². The zero-order chi connectivity index (χ0) is 7.56. The third-order valence-corrected chi connectivity index (χ3v) is 0.995. The lowest BCUT2D eigenvalue weighted by atomic mass is 10.3. The van der Waals surface area contributed by atoms with Crippen molar-refractivity contribution in [3.05, 3.63) is 0 Å². The van der Waals surface area contributed by atoms with Crippen LogP contribution in [-0.4, -0.2) is 17.8 Å². The smallest absolute Gasteiger partial charge is 0.322 e. The van der Waals surface area contributed by atoms with E-state index in [1.807, 2.05) is 5.32 Å². The van der Waals surface area contributed by atoms with E-state index in [1.165, 1.54) is 0 Å². The van der Waals surface area contributed by atoms with Gasteiger partial charge in [0.15, 0.2) is 0 Å². The van der Waals surface area contributed by atoms with Gasteiger partial charge in [0.25, 0.3) is 0 Å². The molecule has 1 aliphatic heterocycles. The third kappa shape index (κ3) is 1.22. The van der Waals surface area contributed by atoms with Gasteiger partial charge in [0.1, 0.15) is 5.84 Å². The van der Waals surface area contributed by atoms with Crippen LogP contribution in [0.25, 0.3) is 0 Å². The highest BCUT2D eigenvalue weighted by molar-refractivity contribution is 6.15. The summed E-state index contributed by atoms with van der Waals surface area (Å²) >= 11 is 0. The first kappa shape index (κ1) is 6.53. The number of nitrogens with one attached hydrogen (secondary N) is 2. The van der Waals surface area contributed by atoms with Gasteiger partial charge in [-0.25, -0.2) is 4.79 Å². The SMILES string of the molecule is N/N=C1/CC(=O)NC(=O)N1. The van der Waals surface area contributed by atoms with E-state index in [1.54, 1.807) is 0 Å². The molecule has 0 bridgehead atoms. The highest BCUT2D eigenvalue weighted by Crippen LogP contribution is 1.88. The minimum absolute atomic E-state index is 0.0300. The van der Waals surface area contributed by atoms with Crippen molar-refractivity contribution in [1.82, 2.24) is 10.6 Å². The summed E-state index contributed by atoms with van der Waals surface area (Å²) in [4.78, 5) is 21.0. The van der Waals surface area contributed by atoms with Crippen molar-refractivity contribution in [2.45, 2.75) is 6.42 Å². The topological polar surface area (TPSA) is 96.6 Å². The standard InChI is InChI=1S/C4H6N4O2/c5-8-2-1-3(9)7-4(10)6-2/h1,5H2,(H2,6,7,8,9,10). The molecule has 0 aromatic rings. The van der Waals surface area contributed by atoms with Gasteiger partial charge in [-0.1, -0.05) is 0 Å². The lowest BCUT2D eigenvalue weighted by Crippen LogP contribution is -2.50. The summed E-state index contributed by atoms with van der Waals surface area (Å²) in [6, 6.07) is -0.583. The Bertz CT molecular complexity index is 191. The van der Waals surface area contributed by atoms with Crippen molar-refractivity contribution in [2.75, 3.05) is 0 Å². The van der Waals surface area contributed by atoms with Gasteiger partial charge < -0.3 is 5.84 Å². The average Bonchev–Trinajstić information content (AvgIpc) is 1.85. The van der Waals surface area contributed by atoms with Crippen LogP contribution in [0, 0.1) is 0 Å². The largest absolute Gasteiger partial charge is 0.326 e. The minimum Gasteiger partial charge on any atom is -0.322 e. The van der Waals surface area contributed by atoms with Gasteiger partial charge in [0.05, 0.1) is 6.42 Å². The Kier molecular flexibility index (Phi) is 1.53. The summed E-state index contributed by atoms with van der Waals surface area (Å²) in [5.74, 6) is 4.61. The maximum Gasteiger partial charge on any atom is 0.326 e. The second-order valence-corrected chi connectivity index (χ2v) is 1.75. The summed E-state index contributed by atoms with van der Waals surface area (Å²) in [6.45, 7) is 0. The Labute approximate surface area is 56.5 Å². The number of carbonyl (C=O) groups excluding carboxylic acids is 2. The third-order valence-electron chi connectivity index (χ3n) is 0.995. The number of imide groups is 1. The van der Waals surface area contributed by atoms with Gasteiger partial charge in [-0.15, -0.1) is 0 Å². The van der Waals surface area contributed by atoms with E-state index in [-0.39, 0.29) is 12.3 Å². The van der Waals surface area contributed by atoms with Crippen LogP contribution in [-0.2, 0) is 4.79 Å². The van der Waals surface area contributed by atoms with E-state index in [9.17, 15) is 9.59 Å². The molecule has 3 amide bonds. The van der Waals surface area contributed by atoms with Crippen molar-refractivity contribution in [1.29, 1.82) is 0 Å². The molecule has 1 aliphatic rings. The second kappa shape index (κ2) is 2.34. The number of amides is 3. The zero-order valence-electron chi connectivity index (χ0n) is 5.05. The molecule has 0 spiro atoms. The highest BCUT2D eigenvalue weighted by Gasteiger charge is 2.18. The fraction of sp³-hybridized carbons (Fsp3) is 0.250. The minimum atomic E-state index is -0.583. The van der Waals surface area contributed by atoms with E-state index in [0.29, 0.717) is 0 Å². The number of nitrogens with zero attached hydrogens (tertiary/aromatic N) is 1. The molecule has 10 heavy (non-hydrogen) atoms. The van der Waals surface area contributed by atoms with Crippen LogP contribution >= 0.6 is 0 Å². The number of rotatable bonds is 0. The molecule has 0 saturated carbocycles. The van der Waals surface area contributed by atoms with Gasteiger partial charge in [-0.2, -0.15) is 5.10 Å². The van der Waals surface area contributed by atoms with Crippen LogP contribution < -0.4 is 16.5 Å². The Hall–Kier alpha value is -1.59. The molecular weight excluding hydrogens is 136 g/mol. The van der Waals surface area contributed by atoms with E-state index in [2.05, 4.69) is 10.4 Å². The molecule has 0 aromatic heterocycles. The van der Waals surface area contributed by atoms with E-state index in [0.717, 1.165) is 0 Å². The van der Waals surface area contributed by atoms with Crippen LogP contribution in [0.2, 0.25) is 0 Å². The van der Waals surface area contributed by atoms with Crippen LogP contribution in [0.1, 0.15) is 6.42 Å². The number of hydrogen-bond acceptors (Lipinski definition) is 4. The van der Waals surface area contributed by atoms with Gasteiger partial charge in [0.2, 0.25) is 5.91 Å². The highest BCUT2D eigenvalue weighted by atomic mass is 16.2. The van der Waals surface area contributed by atoms with Crippen LogP contribution in [0.15, 0.2) is 5.10 Å². The zero-order valence-corrected chi connectivity index (χ0v) is 5.05. The first-order valence-electron chi connectivity index (χ1n) is 2.60. The number of amidine groups is 1. The predicted molar refractivity (Wildman–Crippen MR) is 32.9 cm³/mol. The molecule has 4 N–H and O–H groups in total. The Morgan fingerprint density at radius 2 is 2.10 bits per heavy atom. The molecule has 0 unspecified atom stereocenters. The van der Waals surface area contributed by atoms with Crippen LogP contribution in [0.5, 0.6) is 0 Å². The van der Waals surface area contributed by atoms with Crippen LogP contribution in [0.3, 0.4) is 0 Å². The fourth-order valence-corrected chi connectivity index (χ4v) is 0.607. The molecule has 1 heterocycles. The molecule has 1 fully saturated rings. The maximum absolute atomic E-state index is 10.5. The Morgan fingerprint density at radius 3 is 2.60 bits per heavy atom. The van der Waals surface area contributed by atoms with E-state index >= 15 is 0 Å². The monoisotopic (exact) mass is 142 g/mol. The maximum atomic E-state index is 10.5. The van der Waals surface area contributed by atoms with Crippen LogP contribution in [0.4, 0.5) is 4.79 Å². The molecule has 0 aromatic carbocycles. The summed E-state index contributed by atoms with van der Waals surface area (Å²) in [5.41, 5.74) is 0. The summed E-state index contributed by atoms with van der Waals surface area (Å²) < 4.78 is 0. The molecule has 6 heteroatoms. The molecule has 1 rings (SSSR count). The van der Waals surface area contributed by atoms with Crippen molar-refractivity contribution in [2.24, 2.45) is 10.9 Å².